The van der Waals surface area contributed by atoms with Crippen LogP contribution in [0.15, 0.2) is 54.3 Å². The second kappa shape index (κ2) is 22.9. The van der Waals surface area contributed by atoms with Crippen LogP contribution in [-0.2, 0) is 53.3 Å². The molecule has 16 nitrogen and oxygen atoms in total. The number of sulfonamides is 1. The van der Waals surface area contributed by atoms with E-state index in [9.17, 15) is 27.6 Å². The summed E-state index contributed by atoms with van der Waals surface area (Å²) >= 11 is 1.38. The number of ether oxygens (including phenoxy) is 1. The molecule has 0 radical (unpaired) electrons. The maximum atomic E-state index is 14.5. The smallest absolute Gasteiger partial charge is 0.324 e. The van der Waals surface area contributed by atoms with Crippen molar-refractivity contribution in [1.82, 2.24) is 44.5 Å². The number of benzene rings is 1. The molecule has 7 rings (SSSR count). The molecule has 65 heavy (non-hydrogen) atoms. The number of nitrogens with zero attached hydrogens (tertiary/aromatic N) is 7. The highest BCUT2D eigenvalue weighted by atomic mass is 32.2. The lowest BCUT2D eigenvalue weighted by atomic mass is 9.84. The van der Waals surface area contributed by atoms with Crippen molar-refractivity contribution in [2.75, 3.05) is 33.3 Å². The van der Waals surface area contributed by atoms with Gasteiger partial charge in [0.2, 0.25) is 21.8 Å². The molecule has 2 saturated heterocycles. The predicted octanol–water partition coefficient (Wildman–Crippen LogP) is 4.62. The van der Waals surface area contributed by atoms with E-state index in [4.69, 9.17) is 9.72 Å². The number of hydrazine groups is 1. The zero-order valence-electron chi connectivity index (χ0n) is 37.6. The van der Waals surface area contributed by atoms with Crippen molar-refractivity contribution in [1.29, 1.82) is 0 Å². The van der Waals surface area contributed by atoms with E-state index in [1.807, 2.05) is 37.7 Å². The van der Waals surface area contributed by atoms with Gasteiger partial charge in [0.05, 0.1) is 28.9 Å². The Balaban J connectivity index is 0.00000281. The van der Waals surface area contributed by atoms with E-state index in [0.717, 1.165) is 44.4 Å². The summed E-state index contributed by atoms with van der Waals surface area (Å²) in [4.78, 5) is 71.4. The Hall–Kier alpha value is -3.64. The molecule has 0 spiro atoms. The minimum Gasteiger partial charge on any atom is -0.464 e. The fourth-order valence-electron chi connectivity index (χ4n) is 8.83. The Morgan fingerprint density at radius 2 is 1.80 bits per heavy atom. The Kier molecular flexibility index (Phi) is 19.6. The molecule has 6 heterocycles. The van der Waals surface area contributed by atoms with E-state index in [1.54, 1.807) is 0 Å². The molecule has 6 bridgehead atoms. The molecule has 3 aliphatic rings. The van der Waals surface area contributed by atoms with Crippen LogP contribution >= 0.6 is 65.3 Å². The van der Waals surface area contributed by atoms with Crippen molar-refractivity contribution in [2.24, 2.45) is 17.3 Å². The number of amides is 3. The van der Waals surface area contributed by atoms with E-state index in [1.165, 1.54) is 38.9 Å². The van der Waals surface area contributed by atoms with Gasteiger partial charge in [-0.2, -0.15) is 58.3 Å². The summed E-state index contributed by atoms with van der Waals surface area (Å²) in [5, 5.41) is 8.81. The third-order valence-corrected chi connectivity index (χ3v) is 14.2. The van der Waals surface area contributed by atoms with E-state index in [-0.39, 0.29) is 91.9 Å². The summed E-state index contributed by atoms with van der Waals surface area (Å²) in [6, 6.07) is 3.38. The summed E-state index contributed by atoms with van der Waals surface area (Å²) < 4.78 is 34.4. The maximum absolute atomic E-state index is 14.5. The van der Waals surface area contributed by atoms with Crippen molar-refractivity contribution in [3.05, 3.63) is 64.9 Å². The topological polar surface area (TPSA) is 189 Å². The third-order valence-electron chi connectivity index (χ3n) is 11.9. The average molecular weight is 1010 g/mol. The molecule has 358 valence electrons. The van der Waals surface area contributed by atoms with Crippen LogP contribution in [-0.4, -0.2) is 117 Å². The highest BCUT2D eigenvalue weighted by molar-refractivity contribution is 7.92. The van der Waals surface area contributed by atoms with Gasteiger partial charge in [0.1, 0.15) is 24.5 Å². The number of esters is 1. The first kappa shape index (κ1) is 55.7. The minimum absolute atomic E-state index is 0. The Bertz CT molecular complexity index is 2450. The van der Waals surface area contributed by atoms with Gasteiger partial charge in [-0.1, -0.05) is 40.3 Å². The predicted molar refractivity (Wildman–Crippen MR) is 273 cm³/mol. The first-order valence-corrected chi connectivity index (χ1v) is 23.2. The molecule has 4 atom stereocenters. The maximum Gasteiger partial charge on any atom is 0.324 e. The summed E-state index contributed by atoms with van der Waals surface area (Å²) in [7, 11) is -2.17. The van der Waals surface area contributed by atoms with Crippen LogP contribution in [0.3, 0.4) is 0 Å². The van der Waals surface area contributed by atoms with E-state index in [2.05, 4.69) is 64.8 Å². The van der Waals surface area contributed by atoms with Crippen molar-refractivity contribution < 1.29 is 32.3 Å². The van der Waals surface area contributed by atoms with Crippen molar-refractivity contribution in [2.45, 2.75) is 91.4 Å². The summed E-state index contributed by atoms with van der Waals surface area (Å²) in [5.41, 5.74) is 8.20. The number of fused-ring (bicyclic) bond motifs is 6. The lowest BCUT2D eigenvalue weighted by molar-refractivity contribution is -0.155. The molecule has 3 amide bonds. The van der Waals surface area contributed by atoms with Crippen LogP contribution in [0.1, 0.15) is 64.5 Å². The second-order valence-corrected chi connectivity index (χ2v) is 20.1. The standard InChI is InChI=1S/C43H55N9O7S2.4H2S/c1-8-51-35-13-12-27-17-30(35)31(38(51)29-20-44-25-45-21-29)19-43(5,6)24-59-42(56)32-11-10-15-52(48-32)41(55)33(18-36-46-34(27)23-60-36)47-39(53)37(26(3)4)49(7)40(54)28-14-16-50(22-28)61(57,58)9-2;;;;/h9,12-13,17,20-21,23,25-26,28,32-33,37,48H,2,8,10-11,14-16,18-19,22,24H2,1,3-7H3,(H,47,53);4*1H2/t28-,32+,33+,37+;;;;/m1..../s1. The van der Waals surface area contributed by atoms with Crippen LogP contribution in [0.5, 0.6) is 0 Å². The largest absolute Gasteiger partial charge is 0.464 e. The molecule has 3 aliphatic heterocycles. The Labute approximate surface area is 413 Å². The van der Waals surface area contributed by atoms with Gasteiger partial charge in [0, 0.05) is 90.3 Å². The lowest BCUT2D eigenvalue weighted by Crippen LogP contribution is -2.62. The Morgan fingerprint density at radius 3 is 2.46 bits per heavy atom. The lowest BCUT2D eigenvalue weighted by Gasteiger charge is -2.36. The van der Waals surface area contributed by atoms with Gasteiger partial charge < -0.3 is 19.5 Å². The van der Waals surface area contributed by atoms with Crippen molar-refractivity contribution >= 4 is 110 Å². The second-order valence-electron chi connectivity index (χ2n) is 17.3. The number of hydrogen-bond acceptors (Lipinski definition) is 12. The molecule has 3 aromatic heterocycles. The number of aryl methyl sites for hydroxylation is 1. The summed E-state index contributed by atoms with van der Waals surface area (Å²) in [6.07, 6.45) is 7.05. The minimum atomic E-state index is -3.70. The SMILES string of the molecule is C=CS(=O)(=O)N1CC[C@@H](C(=O)N(C)[C@H](C(=O)N[C@H]2Cc3nc(cs3)-c3ccc4c(c3)c(c(-c3cncnc3)n4CC)CC(C)(C)COC(=O)[C@@H]3CCCN(N3)C2=O)C(C)C)C1.S.S.S.S. The van der Waals surface area contributed by atoms with Crippen molar-refractivity contribution in [3.63, 3.8) is 0 Å². The summed E-state index contributed by atoms with van der Waals surface area (Å²) in [5.74, 6) is -2.83. The number of likely N-dealkylation sites (N-methyl/N-ethyl adjacent to an activating group) is 1. The van der Waals surface area contributed by atoms with Gasteiger partial charge in [-0.15, -0.1) is 11.3 Å². The molecule has 1 aromatic carbocycles. The molecule has 22 heteroatoms. The van der Waals surface area contributed by atoms with Crippen LogP contribution in [0, 0.1) is 17.3 Å². The molecular formula is C43H63N9O7S6. The summed E-state index contributed by atoms with van der Waals surface area (Å²) in [6.45, 7) is 14.5. The zero-order valence-corrected chi connectivity index (χ0v) is 43.2. The molecular weight excluding hydrogens is 947 g/mol. The van der Waals surface area contributed by atoms with Gasteiger partial charge in [-0.05, 0) is 56.2 Å². The first-order valence-electron chi connectivity index (χ1n) is 20.8. The van der Waals surface area contributed by atoms with Gasteiger partial charge >= 0.3 is 5.97 Å². The quantitative estimate of drug-likeness (QED) is 0.223. The highest BCUT2D eigenvalue weighted by Gasteiger charge is 2.41. The Morgan fingerprint density at radius 1 is 1.09 bits per heavy atom. The number of nitrogens with one attached hydrogen (secondary N) is 2. The highest BCUT2D eigenvalue weighted by Crippen LogP contribution is 2.40. The monoisotopic (exact) mass is 1010 g/mol. The van der Waals surface area contributed by atoms with E-state index in [0.29, 0.717) is 43.8 Å². The number of carbonyl (C=O) groups is 4. The van der Waals surface area contributed by atoms with Crippen LogP contribution < -0.4 is 10.7 Å². The number of cyclic esters (lactones) is 1. The van der Waals surface area contributed by atoms with E-state index >= 15 is 0 Å². The van der Waals surface area contributed by atoms with E-state index < -0.39 is 57.3 Å². The molecule has 2 N–H and O–H groups in total. The fourth-order valence-corrected chi connectivity index (χ4v) is 10.6. The molecule has 0 unspecified atom stereocenters. The van der Waals surface area contributed by atoms with Crippen LogP contribution in [0.25, 0.3) is 33.4 Å². The van der Waals surface area contributed by atoms with Gasteiger partial charge in [0.25, 0.3) is 5.91 Å². The zero-order chi connectivity index (χ0) is 43.8. The average Bonchev–Trinajstić information content (AvgIpc) is 4.00. The number of aromatic nitrogens is 4. The number of rotatable bonds is 9. The van der Waals surface area contributed by atoms with Crippen LogP contribution in [0.2, 0.25) is 0 Å². The van der Waals surface area contributed by atoms with Gasteiger partial charge in [-0.3, -0.25) is 24.2 Å². The number of thiazole rings is 1. The number of hydrogen-bond donors (Lipinski definition) is 2. The van der Waals surface area contributed by atoms with Crippen LogP contribution in [0.4, 0.5) is 0 Å². The van der Waals surface area contributed by atoms with Crippen molar-refractivity contribution in [3.8, 4) is 22.5 Å². The van der Waals surface area contributed by atoms with Gasteiger partial charge in [-0.25, -0.2) is 28.8 Å². The molecule has 2 fully saturated rings. The third kappa shape index (κ3) is 11.9. The van der Waals surface area contributed by atoms with Gasteiger partial charge in [0.15, 0.2) is 0 Å². The molecule has 0 aliphatic carbocycles. The normalized spacial score (nSPS) is 20.5. The molecule has 0 saturated carbocycles. The first-order chi connectivity index (χ1) is 29.0. The fraction of sp³-hybridized carbons (Fsp3) is 0.512. The number of carbonyl (C=O) groups excluding carboxylic acids is 4. The molecule has 4 aromatic rings.